The zero-order valence-corrected chi connectivity index (χ0v) is 11.5. The highest BCUT2D eigenvalue weighted by Crippen LogP contribution is 2.16. The molecule has 0 aromatic carbocycles. The summed E-state index contributed by atoms with van der Waals surface area (Å²) in [6.45, 7) is 10.7. The van der Waals surface area contributed by atoms with Crippen LogP contribution in [-0.4, -0.2) is 62.7 Å². The zero-order valence-electron chi connectivity index (χ0n) is 11.5. The van der Waals surface area contributed by atoms with Crippen molar-refractivity contribution in [1.29, 1.82) is 0 Å². The van der Waals surface area contributed by atoms with Gasteiger partial charge in [0, 0.05) is 12.6 Å². The van der Waals surface area contributed by atoms with E-state index in [1.54, 1.807) is 0 Å². The second-order valence-electron chi connectivity index (χ2n) is 5.38. The van der Waals surface area contributed by atoms with E-state index in [1.165, 1.54) is 45.6 Å². The lowest BCUT2D eigenvalue weighted by atomic mass is 9.94. The van der Waals surface area contributed by atoms with Crippen LogP contribution in [0.3, 0.4) is 0 Å². The summed E-state index contributed by atoms with van der Waals surface area (Å²) in [6, 6.07) is 0.741. The molecule has 0 aliphatic carbocycles. The number of hydrogen-bond donors (Lipinski definition) is 1. The maximum atomic E-state index is 3.72. The van der Waals surface area contributed by atoms with Crippen molar-refractivity contribution in [1.82, 2.24) is 15.1 Å². The highest BCUT2D eigenvalue weighted by atomic mass is 15.1. The van der Waals surface area contributed by atoms with Crippen LogP contribution in [0.1, 0.15) is 26.7 Å². The number of nitrogens with zero attached hydrogens (tertiary/aromatic N) is 2. The predicted molar refractivity (Wildman–Crippen MR) is 70.9 cm³/mol. The summed E-state index contributed by atoms with van der Waals surface area (Å²) < 4.78 is 0. The molecule has 1 rings (SSSR count). The van der Waals surface area contributed by atoms with Crippen molar-refractivity contribution in [3.63, 3.8) is 0 Å². The Hall–Kier alpha value is -0.120. The molecule has 0 radical (unpaired) electrons. The summed E-state index contributed by atoms with van der Waals surface area (Å²) in [5.74, 6) is 0.799. The lowest BCUT2D eigenvalue weighted by Crippen LogP contribution is -2.48. The number of rotatable bonds is 6. The van der Waals surface area contributed by atoms with Gasteiger partial charge < -0.3 is 15.1 Å². The summed E-state index contributed by atoms with van der Waals surface area (Å²) in [5.41, 5.74) is 0. The molecule has 16 heavy (non-hydrogen) atoms. The minimum Gasteiger partial charge on any atom is -0.314 e. The van der Waals surface area contributed by atoms with Gasteiger partial charge in [-0.3, -0.25) is 0 Å². The van der Waals surface area contributed by atoms with Crippen molar-refractivity contribution in [2.24, 2.45) is 5.92 Å². The van der Waals surface area contributed by atoms with Crippen molar-refractivity contribution in [2.75, 3.05) is 46.8 Å². The van der Waals surface area contributed by atoms with Crippen LogP contribution in [-0.2, 0) is 0 Å². The number of piperidine rings is 1. The van der Waals surface area contributed by atoms with Crippen molar-refractivity contribution in [2.45, 2.75) is 32.7 Å². The van der Waals surface area contributed by atoms with Crippen LogP contribution in [0, 0.1) is 5.92 Å². The Labute approximate surface area is 101 Å². The molecule has 0 aromatic rings. The summed E-state index contributed by atoms with van der Waals surface area (Å²) in [6.07, 6.45) is 2.57. The average Bonchev–Trinajstić information content (AvgIpc) is 2.25. The van der Waals surface area contributed by atoms with Crippen LogP contribution >= 0.6 is 0 Å². The molecule has 3 nitrogen and oxygen atoms in total. The van der Waals surface area contributed by atoms with Crippen LogP contribution in [0.4, 0.5) is 0 Å². The normalized spacial score (nSPS) is 27.6. The van der Waals surface area contributed by atoms with Crippen molar-refractivity contribution in [3.05, 3.63) is 0 Å². The maximum Gasteiger partial charge on any atom is 0.0117 e. The molecule has 1 fully saturated rings. The first-order chi connectivity index (χ1) is 7.63. The van der Waals surface area contributed by atoms with Gasteiger partial charge in [-0.1, -0.05) is 13.8 Å². The number of hydrogen-bond acceptors (Lipinski definition) is 3. The molecule has 1 aliphatic rings. The Morgan fingerprint density at radius 3 is 2.69 bits per heavy atom. The molecule has 0 aromatic heterocycles. The summed E-state index contributed by atoms with van der Waals surface area (Å²) in [5, 5.41) is 3.72. The molecule has 1 aliphatic heterocycles. The first-order valence-electron chi connectivity index (χ1n) is 6.74. The Morgan fingerprint density at radius 2 is 2.12 bits per heavy atom. The third-order valence-corrected chi connectivity index (χ3v) is 3.63. The SMILES string of the molecule is CCN1CCC(NCCCN(C)C)C(C)C1. The first-order valence-corrected chi connectivity index (χ1v) is 6.74. The van der Waals surface area contributed by atoms with Gasteiger partial charge in [-0.2, -0.15) is 0 Å². The van der Waals surface area contributed by atoms with E-state index < -0.39 is 0 Å². The molecule has 3 heteroatoms. The summed E-state index contributed by atoms with van der Waals surface area (Å²) >= 11 is 0. The van der Waals surface area contributed by atoms with E-state index in [4.69, 9.17) is 0 Å². The molecule has 1 N–H and O–H groups in total. The van der Waals surface area contributed by atoms with Crippen molar-refractivity contribution in [3.8, 4) is 0 Å². The third kappa shape index (κ3) is 4.81. The van der Waals surface area contributed by atoms with Crippen LogP contribution < -0.4 is 5.32 Å². The molecule has 1 saturated heterocycles. The standard InChI is InChI=1S/C13H29N3/c1-5-16-10-7-13(12(2)11-16)14-8-6-9-15(3)4/h12-14H,5-11H2,1-4H3. The topological polar surface area (TPSA) is 18.5 Å². The van der Waals surface area contributed by atoms with E-state index in [0.29, 0.717) is 0 Å². The monoisotopic (exact) mass is 227 g/mol. The van der Waals surface area contributed by atoms with Crippen LogP contribution in [0.15, 0.2) is 0 Å². The highest BCUT2D eigenvalue weighted by Gasteiger charge is 2.24. The highest BCUT2D eigenvalue weighted by molar-refractivity contribution is 4.82. The van der Waals surface area contributed by atoms with Crippen molar-refractivity contribution >= 4 is 0 Å². The van der Waals surface area contributed by atoms with Crippen LogP contribution in [0.5, 0.6) is 0 Å². The average molecular weight is 227 g/mol. The van der Waals surface area contributed by atoms with Crippen LogP contribution in [0.25, 0.3) is 0 Å². The number of likely N-dealkylation sites (tertiary alicyclic amines) is 1. The van der Waals surface area contributed by atoms with E-state index in [9.17, 15) is 0 Å². The van der Waals surface area contributed by atoms with Gasteiger partial charge in [-0.15, -0.1) is 0 Å². The molecular weight excluding hydrogens is 198 g/mol. The molecule has 0 amide bonds. The van der Waals surface area contributed by atoms with Gasteiger partial charge in [-0.25, -0.2) is 0 Å². The molecule has 1 heterocycles. The molecular formula is C13H29N3. The van der Waals surface area contributed by atoms with Gasteiger partial charge in [0.25, 0.3) is 0 Å². The molecule has 2 unspecified atom stereocenters. The fraction of sp³-hybridized carbons (Fsp3) is 1.00. The van der Waals surface area contributed by atoms with Gasteiger partial charge in [0.05, 0.1) is 0 Å². The molecule has 0 saturated carbocycles. The largest absolute Gasteiger partial charge is 0.314 e. The molecule has 0 spiro atoms. The van der Waals surface area contributed by atoms with E-state index >= 15 is 0 Å². The molecule has 96 valence electrons. The Balaban J connectivity index is 2.13. The van der Waals surface area contributed by atoms with Gasteiger partial charge in [0.2, 0.25) is 0 Å². The van der Waals surface area contributed by atoms with Crippen molar-refractivity contribution < 1.29 is 0 Å². The van der Waals surface area contributed by atoms with Gasteiger partial charge in [-0.05, 0) is 59.0 Å². The van der Waals surface area contributed by atoms with E-state index in [-0.39, 0.29) is 0 Å². The van der Waals surface area contributed by atoms with Gasteiger partial charge in [0.15, 0.2) is 0 Å². The fourth-order valence-electron chi connectivity index (χ4n) is 2.51. The number of nitrogens with one attached hydrogen (secondary N) is 1. The predicted octanol–water partition coefficient (Wildman–Crippen LogP) is 1.26. The summed E-state index contributed by atoms with van der Waals surface area (Å²) in [7, 11) is 4.28. The second kappa shape index (κ2) is 7.25. The minimum absolute atomic E-state index is 0.741. The Kier molecular flexibility index (Phi) is 6.32. The second-order valence-corrected chi connectivity index (χ2v) is 5.38. The van der Waals surface area contributed by atoms with Gasteiger partial charge in [0.1, 0.15) is 0 Å². The lowest BCUT2D eigenvalue weighted by Gasteiger charge is -2.37. The van der Waals surface area contributed by atoms with Crippen LogP contribution in [0.2, 0.25) is 0 Å². The van der Waals surface area contributed by atoms with E-state index in [2.05, 4.69) is 43.1 Å². The van der Waals surface area contributed by atoms with E-state index in [0.717, 1.165) is 12.0 Å². The van der Waals surface area contributed by atoms with Gasteiger partial charge >= 0.3 is 0 Å². The maximum absolute atomic E-state index is 3.72. The fourth-order valence-corrected chi connectivity index (χ4v) is 2.51. The Bertz CT molecular complexity index is 182. The zero-order chi connectivity index (χ0) is 12.0. The van der Waals surface area contributed by atoms with E-state index in [1.807, 2.05) is 0 Å². The molecule has 2 atom stereocenters. The smallest absolute Gasteiger partial charge is 0.0117 e. The lowest BCUT2D eigenvalue weighted by molar-refractivity contribution is 0.153. The third-order valence-electron chi connectivity index (χ3n) is 3.63. The first kappa shape index (κ1) is 13.9. The Morgan fingerprint density at radius 1 is 1.38 bits per heavy atom. The minimum atomic E-state index is 0.741. The quantitative estimate of drug-likeness (QED) is 0.689. The molecule has 0 bridgehead atoms. The summed E-state index contributed by atoms with van der Waals surface area (Å²) in [4.78, 5) is 4.81.